The van der Waals surface area contributed by atoms with E-state index in [4.69, 9.17) is 4.74 Å². The second-order valence-electron chi connectivity index (χ2n) is 6.77. The van der Waals surface area contributed by atoms with Crippen LogP contribution in [0, 0.1) is 17.7 Å². The Bertz CT molecular complexity index is 774. The van der Waals surface area contributed by atoms with Gasteiger partial charge in [0, 0.05) is 18.2 Å². The van der Waals surface area contributed by atoms with Gasteiger partial charge < -0.3 is 4.74 Å². The zero-order chi connectivity index (χ0) is 19.8. The van der Waals surface area contributed by atoms with Crippen LogP contribution >= 0.6 is 11.8 Å². The van der Waals surface area contributed by atoms with Crippen molar-refractivity contribution in [2.75, 3.05) is 25.7 Å². The number of hydrogen-bond acceptors (Lipinski definition) is 6. The Hall–Kier alpha value is -1.93. The van der Waals surface area contributed by atoms with Crippen molar-refractivity contribution in [2.45, 2.75) is 24.9 Å². The number of carbonyl (C=O) groups excluding carboxylic acids is 3. The summed E-state index contributed by atoms with van der Waals surface area (Å²) in [5.74, 6) is -3.00. The summed E-state index contributed by atoms with van der Waals surface area (Å²) in [6.45, 7) is 1.93. The Morgan fingerprint density at radius 1 is 1.33 bits per heavy atom. The first kappa shape index (κ1) is 19.8. The number of imide groups is 1. The van der Waals surface area contributed by atoms with E-state index in [0.29, 0.717) is 12.2 Å². The maximum atomic E-state index is 14.5. The molecule has 0 spiro atoms. The molecule has 1 aromatic rings. The van der Waals surface area contributed by atoms with Crippen LogP contribution in [-0.4, -0.2) is 53.9 Å². The van der Waals surface area contributed by atoms with Crippen molar-refractivity contribution in [3.05, 3.63) is 35.6 Å². The second-order valence-corrected chi connectivity index (χ2v) is 7.76. The summed E-state index contributed by atoms with van der Waals surface area (Å²) in [5, 5.41) is 3.16. The first-order valence-electron chi connectivity index (χ1n) is 8.87. The van der Waals surface area contributed by atoms with E-state index < -0.39 is 41.1 Å². The molecule has 0 saturated carbocycles. The third kappa shape index (κ3) is 2.95. The molecule has 2 heterocycles. The normalized spacial score (nSPS) is 29.9. The Kier molecular flexibility index (Phi) is 5.58. The summed E-state index contributed by atoms with van der Waals surface area (Å²) in [4.78, 5) is 40.0. The van der Waals surface area contributed by atoms with E-state index in [0.717, 1.165) is 0 Å². The van der Waals surface area contributed by atoms with Crippen LogP contribution in [0.2, 0.25) is 0 Å². The standard InChI is InChI=1S/C19H23FN2O4S/c1-4-22-16(23)13-14(17(22)24)19(9-10-27-3,18(25)26-2)21-15(13)11-7-5-6-8-12(11)20/h5-8,13-15,21H,4,9-10H2,1-3H3/t13-,14+,15-,19+/m0/s1. The predicted octanol–water partition coefficient (Wildman–Crippen LogP) is 1.76. The highest BCUT2D eigenvalue weighted by molar-refractivity contribution is 7.98. The van der Waals surface area contributed by atoms with E-state index in [1.54, 1.807) is 25.1 Å². The average molecular weight is 394 g/mol. The molecule has 2 fully saturated rings. The summed E-state index contributed by atoms with van der Waals surface area (Å²) in [6.07, 6.45) is 2.20. The number of rotatable bonds is 6. The lowest BCUT2D eigenvalue weighted by molar-refractivity contribution is -0.154. The first-order chi connectivity index (χ1) is 12.9. The highest BCUT2D eigenvalue weighted by Crippen LogP contribution is 2.50. The monoisotopic (exact) mass is 394 g/mol. The summed E-state index contributed by atoms with van der Waals surface area (Å²) in [7, 11) is 1.26. The van der Waals surface area contributed by atoms with Gasteiger partial charge in [-0.3, -0.25) is 24.6 Å². The molecule has 8 heteroatoms. The summed E-state index contributed by atoms with van der Waals surface area (Å²) >= 11 is 1.53. The van der Waals surface area contributed by atoms with Gasteiger partial charge in [0.05, 0.1) is 18.9 Å². The van der Waals surface area contributed by atoms with E-state index in [2.05, 4.69) is 5.32 Å². The molecule has 0 bridgehead atoms. The number of nitrogens with one attached hydrogen (secondary N) is 1. The van der Waals surface area contributed by atoms with Gasteiger partial charge in [0.1, 0.15) is 11.4 Å². The lowest BCUT2D eigenvalue weighted by atomic mass is 9.78. The molecule has 0 aliphatic carbocycles. The number of nitrogens with zero attached hydrogens (tertiary/aromatic N) is 1. The predicted molar refractivity (Wildman–Crippen MR) is 99.4 cm³/mol. The fourth-order valence-electron chi connectivity index (χ4n) is 4.33. The molecule has 0 aromatic heterocycles. The third-order valence-electron chi connectivity index (χ3n) is 5.55. The van der Waals surface area contributed by atoms with Crippen molar-refractivity contribution >= 4 is 29.5 Å². The third-order valence-corrected chi connectivity index (χ3v) is 6.16. The molecular formula is C19H23FN2O4S. The Morgan fingerprint density at radius 3 is 2.63 bits per heavy atom. The van der Waals surface area contributed by atoms with Crippen LogP contribution in [0.3, 0.4) is 0 Å². The van der Waals surface area contributed by atoms with Crippen molar-refractivity contribution in [2.24, 2.45) is 11.8 Å². The minimum absolute atomic E-state index is 0.217. The van der Waals surface area contributed by atoms with Gasteiger partial charge in [-0.05, 0) is 31.4 Å². The molecule has 0 radical (unpaired) electrons. The van der Waals surface area contributed by atoms with Gasteiger partial charge in [0.2, 0.25) is 11.8 Å². The van der Waals surface area contributed by atoms with Crippen LogP contribution in [0.15, 0.2) is 24.3 Å². The number of likely N-dealkylation sites (tertiary alicyclic amines) is 1. The van der Waals surface area contributed by atoms with Crippen molar-refractivity contribution in [3.8, 4) is 0 Å². The number of fused-ring (bicyclic) bond motifs is 1. The van der Waals surface area contributed by atoms with Crippen LogP contribution in [-0.2, 0) is 19.1 Å². The zero-order valence-corrected chi connectivity index (χ0v) is 16.3. The van der Waals surface area contributed by atoms with Crippen molar-refractivity contribution in [3.63, 3.8) is 0 Å². The molecule has 1 N–H and O–H groups in total. The van der Waals surface area contributed by atoms with Crippen LogP contribution in [0.25, 0.3) is 0 Å². The van der Waals surface area contributed by atoms with Crippen molar-refractivity contribution < 1.29 is 23.5 Å². The van der Waals surface area contributed by atoms with Gasteiger partial charge in [-0.25, -0.2) is 4.39 Å². The van der Waals surface area contributed by atoms with Crippen LogP contribution in [0.5, 0.6) is 0 Å². The van der Waals surface area contributed by atoms with E-state index in [9.17, 15) is 18.8 Å². The summed E-state index contributed by atoms with van der Waals surface area (Å²) in [6, 6.07) is 5.36. The molecule has 6 nitrogen and oxygen atoms in total. The smallest absolute Gasteiger partial charge is 0.326 e. The lowest BCUT2D eigenvalue weighted by Gasteiger charge is -2.32. The van der Waals surface area contributed by atoms with Crippen LogP contribution in [0.4, 0.5) is 4.39 Å². The number of hydrogen-bond donors (Lipinski definition) is 1. The number of amides is 2. The van der Waals surface area contributed by atoms with Gasteiger partial charge in [-0.1, -0.05) is 18.2 Å². The largest absolute Gasteiger partial charge is 0.468 e. The van der Waals surface area contributed by atoms with Gasteiger partial charge in [0.15, 0.2) is 0 Å². The molecule has 2 amide bonds. The van der Waals surface area contributed by atoms with Crippen LogP contribution < -0.4 is 5.32 Å². The number of benzene rings is 1. The van der Waals surface area contributed by atoms with E-state index in [1.807, 2.05) is 6.26 Å². The summed E-state index contributed by atoms with van der Waals surface area (Å²) < 4.78 is 19.5. The second kappa shape index (κ2) is 7.59. The molecular weight excluding hydrogens is 371 g/mol. The Labute approximate surface area is 161 Å². The molecule has 146 valence electrons. The van der Waals surface area contributed by atoms with Gasteiger partial charge >= 0.3 is 5.97 Å². The maximum Gasteiger partial charge on any atom is 0.326 e. The SMILES string of the molecule is CCN1C(=O)[C@@H]2[C@H](c3ccccc3F)N[C@@](CCSC)(C(=O)OC)[C@H]2C1=O. The van der Waals surface area contributed by atoms with Gasteiger partial charge in [-0.15, -0.1) is 0 Å². The van der Waals surface area contributed by atoms with Gasteiger partial charge in [-0.2, -0.15) is 11.8 Å². The van der Waals surface area contributed by atoms with Crippen molar-refractivity contribution in [1.82, 2.24) is 10.2 Å². The number of thioether (sulfide) groups is 1. The minimum Gasteiger partial charge on any atom is -0.468 e. The summed E-state index contributed by atoms with van der Waals surface area (Å²) in [5.41, 5.74) is -1.08. The number of halogens is 1. The number of esters is 1. The Balaban J connectivity index is 2.16. The molecule has 2 aliphatic heterocycles. The minimum atomic E-state index is -1.36. The fraction of sp³-hybridized carbons (Fsp3) is 0.526. The number of carbonyl (C=O) groups is 3. The molecule has 0 unspecified atom stereocenters. The topological polar surface area (TPSA) is 75.7 Å². The average Bonchev–Trinajstić information content (AvgIpc) is 3.14. The fourth-order valence-corrected chi connectivity index (χ4v) is 4.86. The highest BCUT2D eigenvalue weighted by Gasteiger charge is 2.68. The quantitative estimate of drug-likeness (QED) is 0.585. The molecule has 1 aromatic carbocycles. The van der Waals surface area contributed by atoms with Crippen LogP contribution in [0.1, 0.15) is 24.9 Å². The van der Waals surface area contributed by atoms with E-state index >= 15 is 0 Å². The van der Waals surface area contributed by atoms with E-state index in [-0.39, 0.29) is 18.0 Å². The Morgan fingerprint density at radius 2 is 2.04 bits per heavy atom. The molecule has 2 saturated heterocycles. The zero-order valence-electron chi connectivity index (χ0n) is 15.5. The van der Waals surface area contributed by atoms with E-state index in [1.165, 1.54) is 29.8 Å². The number of methoxy groups -OCH3 is 1. The molecule has 3 rings (SSSR count). The maximum absolute atomic E-state index is 14.5. The van der Waals surface area contributed by atoms with Crippen molar-refractivity contribution in [1.29, 1.82) is 0 Å². The van der Waals surface area contributed by atoms with Gasteiger partial charge in [0.25, 0.3) is 0 Å². The molecule has 4 atom stereocenters. The highest BCUT2D eigenvalue weighted by atomic mass is 32.2. The number of ether oxygens (including phenoxy) is 1. The molecule has 2 aliphatic rings. The lowest BCUT2D eigenvalue weighted by Crippen LogP contribution is -2.56. The first-order valence-corrected chi connectivity index (χ1v) is 10.3. The molecule has 27 heavy (non-hydrogen) atoms.